The van der Waals surface area contributed by atoms with Crippen molar-refractivity contribution in [3.63, 3.8) is 0 Å². The summed E-state index contributed by atoms with van der Waals surface area (Å²) in [5.74, 6) is 0. The third-order valence-electron chi connectivity index (χ3n) is 2.79. The average molecular weight is 242 g/mol. The lowest BCUT2D eigenvalue weighted by molar-refractivity contribution is -0.0531. The van der Waals surface area contributed by atoms with Gasteiger partial charge in [0.2, 0.25) is 0 Å². The van der Waals surface area contributed by atoms with Crippen LogP contribution in [0.5, 0.6) is 0 Å². The molecule has 0 radical (unpaired) electrons. The Hall–Kier alpha value is -1.44. The Morgan fingerprint density at radius 1 is 1.59 bits per heavy atom. The molecule has 1 aromatic rings. The Kier molecular flexibility index (Phi) is 3.14. The van der Waals surface area contributed by atoms with E-state index in [1.807, 2.05) is 0 Å². The number of aliphatic hydroxyl groups is 2. The van der Waals surface area contributed by atoms with Crippen molar-refractivity contribution in [2.75, 3.05) is 6.61 Å². The van der Waals surface area contributed by atoms with Crippen LogP contribution in [0, 0.1) is 6.92 Å². The third kappa shape index (κ3) is 2.17. The minimum atomic E-state index is -0.879. The summed E-state index contributed by atoms with van der Waals surface area (Å²) in [6.07, 6.45) is -0.639. The highest BCUT2D eigenvalue weighted by atomic mass is 16.5. The molecule has 0 aliphatic carbocycles. The Labute approximate surface area is 96.3 Å². The first-order chi connectivity index (χ1) is 8.02. The summed E-state index contributed by atoms with van der Waals surface area (Å²) in [4.78, 5) is 24.9. The lowest BCUT2D eigenvalue weighted by atomic mass is 10.2. The monoisotopic (exact) mass is 242 g/mol. The van der Waals surface area contributed by atoms with Crippen LogP contribution < -0.4 is 11.2 Å². The maximum atomic E-state index is 11.6. The van der Waals surface area contributed by atoms with E-state index in [4.69, 9.17) is 9.84 Å². The Morgan fingerprint density at radius 3 is 2.88 bits per heavy atom. The van der Waals surface area contributed by atoms with Crippen LogP contribution in [0.4, 0.5) is 0 Å². The quantitative estimate of drug-likeness (QED) is 0.584. The first kappa shape index (κ1) is 12.0. The summed E-state index contributed by atoms with van der Waals surface area (Å²) < 4.78 is 6.46. The van der Waals surface area contributed by atoms with Gasteiger partial charge >= 0.3 is 5.69 Å². The zero-order chi connectivity index (χ0) is 12.6. The molecule has 1 unspecified atom stereocenters. The number of rotatable bonds is 2. The van der Waals surface area contributed by atoms with Gasteiger partial charge in [-0.3, -0.25) is 14.3 Å². The zero-order valence-corrected chi connectivity index (χ0v) is 9.29. The van der Waals surface area contributed by atoms with E-state index in [1.54, 1.807) is 6.92 Å². The SMILES string of the molecule is Cc1cn([C@H]2O[C@@H](CO)CC2O)c(=O)[nH]c1=O. The molecule has 0 aromatic carbocycles. The number of H-pyrrole nitrogens is 1. The highest BCUT2D eigenvalue weighted by Gasteiger charge is 2.35. The van der Waals surface area contributed by atoms with Crippen LogP contribution in [-0.2, 0) is 4.74 Å². The van der Waals surface area contributed by atoms with E-state index >= 15 is 0 Å². The number of aromatic amines is 1. The molecule has 2 heterocycles. The molecule has 0 bridgehead atoms. The molecule has 7 nitrogen and oxygen atoms in total. The summed E-state index contributed by atoms with van der Waals surface area (Å²) in [6.45, 7) is 1.34. The van der Waals surface area contributed by atoms with Gasteiger partial charge in [-0.15, -0.1) is 0 Å². The molecular weight excluding hydrogens is 228 g/mol. The molecule has 94 valence electrons. The van der Waals surface area contributed by atoms with Gasteiger partial charge in [0.15, 0.2) is 6.23 Å². The number of aliphatic hydroxyl groups excluding tert-OH is 2. The van der Waals surface area contributed by atoms with Crippen molar-refractivity contribution in [2.24, 2.45) is 0 Å². The van der Waals surface area contributed by atoms with E-state index in [-0.39, 0.29) is 13.0 Å². The van der Waals surface area contributed by atoms with Crippen molar-refractivity contribution in [2.45, 2.75) is 31.8 Å². The van der Waals surface area contributed by atoms with Gasteiger partial charge in [-0.05, 0) is 6.92 Å². The molecule has 3 atom stereocenters. The topological polar surface area (TPSA) is 105 Å². The molecule has 1 saturated heterocycles. The molecule has 2 rings (SSSR count). The predicted molar refractivity (Wildman–Crippen MR) is 57.7 cm³/mol. The van der Waals surface area contributed by atoms with Gasteiger partial charge in [0.25, 0.3) is 5.56 Å². The van der Waals surface area contributed by atoms with Crippen molar-refractivity contribution >= 4 is 0 Å². The number of hydrogen-bond donors (Lipinski definition) is 3. The molecule has 3 N–H and O–H groups in total. The summed E-state index contributed by atoms with van der Waals surface area (Å²) in [5, 5.41) is 18.7. The second kappa shape index (κ2) is 4.44. The highest BCUT2D eigenvalue weighted by Crippen LogP contribution is 2.27. The van der Waals surface area contributed by atoms with Crippen molar-refractivity contribution in [3.05, 3.63) is 32.6 Å². The van der Waals surface area contributed by atoms with Gasteiger partial charge in [-0.2, -0.15) is 0 Å². The van der Waals surface area contributed by atoms with E-state index in [0.29, 0.717) is 5.56 Å². The molecule has 1 aromatic heterocycles. The molecule has 17 heavy (non-hydrogen) atoms. The number of nitrogens with zero attached hydrogens (tertiary/aromatic N) is 1. The second-order valence-corrected chi connectivity index (χ2v) is 4.11. The second-order valence-electron chi connectivity index (χ2n) is 4.11. The average Bonchev–Trinajstić information content (AvgIpc) is 2.65. The number of nitrogens with one attached hydrogen (secondary N) is 1. The number of hydrogen-bond acceptors (Lipinski definition) is 5. The minimum Gasteiger partial charge on any atom is -0.394 e. The predicted octanol–water partition coefficient (Wildman–Crippen LogP) is -1.51. The van der Waals surface area contributed by atoms with Gasteiger partial charge in [0, 0.05) is 18.2 Å². The maximum Gasteiger partial charge on any atom is 0.330 e. The molecule has 7 heteroatoms. The van der Waals surface area contributed by atoms with Gasteiger partial charge in [0.1, 0.15) is 6.10 Å². The number of ether oxygens (including phenoxy) is 1. The van der Waals surface area contributed by atoms with Gasteiger partial charge in [-0.1, -0.05) is 0 Å². The van der Waals surface area contributed by atoms with Crippen LogP contribution in [0.1, 0.15) is 18.2 Å². The van der Waals surface area contributed by atoms with E-state index in [2.05, 4.69) is 4.98 Å². The Bertz CT molecular complexity index is 520. The van der Waals surface area contributed by atoms with Crippen LogP contribution in [0.3, 0.4) is 0 Å². The van der Waals surface area contributed by atoms with Crippen LogP contribution in [-0.4, -0.2) is 38.6 Å². The molecule has 1 aliphatic heterocycles. The lowest BCUT2D eigenvalue weighted by Gasteiger charge is -2.17. The highest BCUT2D eigenvalue weighted by molar-refractivity contribution is 5.02. The van der Waals surface area contributed by atoms with E-state index < -0.39 is 29.7 Å². The number of aryl methyl sites for hydroxylation is 1. The lowest BCUT2D eigenvalue weighted by Crippen LogP contribution is -2.36. The van der Waals surface area contributed by atoms with Crippen LogP contribution in [0.15, 0.2) is 15.8 Å². The zero-order valence-electron chi connectivity index (χ0n) is 9.29. The van der Waals surface area contributed by atoms with E-state index in [1.165, 1.54) is 6.20 Å². The Balaban J connectivity index is 2.38. The number of aromatic nitrogens is 2. The normalized spacial score (nSPS) is 28.5. The summed E-state index contributed by atoms with van der Waals surface area (Å²) in [7, 11) is 0. The largest absolute Gasteiger partial charge is 0.394 e. The third-order valence-corrected chi connectivity index (χ3v) is 2.79. The van der Waals surface area contributed by atoms with Crippen molar-refractivity contribution in [3.8, 4) is 0 Å². The molecule has 0 spiro atoms. The molecule has 1 aliphatic rings. The summed E-state index contributed by atoms with van der Waals surface area (Å²) in [6, 6.07) is 0. The van der Waals surface area contributed by atoms with E-state index in [0.717, 1.165) is 4.57 Å². The van der Waals surface area contributed by atoms with Gasteiger partial charge in [-0.25, -0.2) is 4.79 Å². The first-order valence-corrected chi connectivity index (χ1v) is 5.29. The van der Waals surface area contributed by atoms with Gasteiger partial charge in [0.05, 0.1) is 12.7 Å². The molecule has 0 amide bonds. The molecule has 0 saturated carbocycles. The van der Waals surface area contributed by atoms with Crippen LogP contribution in [0.2, 0.25) is 0 Å². The van der Waals surface area contributed by atoms with Crippen LogP contribution in [0.25, 0.3) is 0 Å². The molecular formula is C10H14N2O5. The smallest absolute Gasteiger partial charge is 0.330 e. The Morgan fingerprint density at radius 2 is 2.29 bits per heavy atom. The van der Waals surface area contributed by atoms with Crippen LogP contribution >= 0.6 is 0 Å². The fourth-order valence-electron chi connectivity index (χ4n) is 1.87. The summed E-state index contributed by atoms with van der Waals surface area (Å²) >= 11 is 0. The fraction of sp³-hybridized carbons (Fsp3) is 0.600. The van der Waals surface area contributed by atoms with Gasteiger partial charge < -0.3 is 14.9 Å². The van der Waals surface area contributed by atoms with Crippen molar-refractivity contribution < 1.29 is 14.9 Å². The first-order valence-electron chi connectivity index (χ1n) is 5.29. The fourth-order valence-corrected chi connectivity index (χ4v) is 1.87. The van der Waals surface area contributed by atoms with E-state index in [9.17, 15) is 14.7 Å². The minimum absolute atomic E-state index is 0.218. The summed E-state index contributed by atoms with van der Waals surface area (Å²) in [5.41, 5.74) is -0.742. The van der Waals surface area contributed by atoms with Crippen molar-refractivity contribution in [1.82, 2.24) is 9.55 Å². The standard InChI is InChI=1S/C10H14N2O5/c1-5-3-12(10(16)11-8(5)15)9-7(14)2-6(4-13)17-9/h3,6-7,9,13-14H,2,4H2,1H3,(H,11,15,16)/t6-,7?,9+/m1/s1. The van der Waals surface area contributed by atoms with Crippen molar-refractivity contribution in [1.29, 1.82) is 0 Å². The molecule has 1 fully saturated rings. The maximum absolute atomic E-state index is 11.6.